The van der Waals surface area contributed by atoms with Gasteiger partial charge in [-0.2, -0.15) is 0 Å². The van der Waals surface area contributed by atoms with E-state index in [1.54, 1.807) is 15.3 Å². The summed E-state index contributed by atoms with van der Waals surface area (Å²) < 4.78 is 2.74. The first kappa shape index (κ1) is 8.76. The van der Waals surface area contributed by atoms with Crippen LogP contribution in [0.2, 0.25) is 0 Å². The van der Waals surface area contributed by atoms with E-state index in [2.05, 4.69) is 47.1 Å². The van der Waals surface area contributed by atoms with Gasteiger partial charge in [-0.15, -0.1) is 0 Å². The fourth-order valence-corrected chi connectivity index (χ4v) is 2.48. The van der Waals surface area contributed by atoms with Crippen LogP contribution in [-0.2, 0) is 0 Å². The van der Waals surface area contributed by atoms with Crippen LogP contribution in [0.3, 0.4) is 0 Å². The third-order valence-electron chi connectivity index (χ3n) is 1.40. The van der Waals surface area contributed by atoms with Gasteiger partial charge >= 0.3 is 0 Å². The third kappa shape index (κ3) is 1.47. The smallest absolute Gasteiger partial charge is 0.169 e. The van der Waals surface area contributed by atoms with Gasteiger partial charge in [-0.3, -0.25) is 3.97 Å². The molecule has 0 saturated carbocycles. The summed E-state index contributed by atoms with van der Waals surface area (Å²) in [7, 11) is 1.58. The molecule has 3 nitrogen and oxygen atoms in total. The van der Waals surface area contributed by atoms with Crippen molar-refractivity contribution in [2.45, 2.75) is 0 Å². The topological polar surface area (TPSA) is 30.7 Å². The maximum absolute atomic E-state index is 4.26. The molecule has 0 aliphatic rings. The van der Waals surface area contributed by atoms with Crippen LogP contribution in [0, 0.1) is 0 Å². The fourth-order valence-electron chi connectivity index (χ4n) is 0.921. The molecule has 62 valence electrons. The normalized spacial score (nSPS) is 10.8. The number of halogens is 2. The molecule has 0 aliphatic carbocycles. The molecule has 2 aromatic rings. The predicted octanol–water partition coefficient (Wildman–Crippen LogP) is 3.04. The number of fused-ring (bicyclic) bond motifs is 1. The second-order valence-electron chi connectivity index (χ2n) is 2.11. The summed E-state index contributed by atoms with van der Waals surface area (Å²) in [5, 5.41) is 0. The summed E-state index contributed by atoms with van der Waals surface area (Å²) in [6, 6.07) is 1.94. The Hall–Kier alpha value is 0.180. The second-order valence-corrected chi connectivity index (χ2v) is 4.64. The van der Waals surface area contributed by atoms with Gasteiger partial charge in [-0.05, 0) is 22.0 Å². The van der Waals surface area contributed by atoms with Gasteiger partial charge in [0, 0.05) is 36.5 Å². The minimum absolute atomic E-state index is 0.770. The molecule has 2 rings (SSSR count). The molecule has 0 saturated heterocycles. The first-order valence-electron chi connectivity index (χ1n) is 3.10. The predicted molar refractivity (Wildman–Crippen MR) is 62.2 cm³/mol. The minimum atomic E-state index is 0.770. The molecule has 0 amide bonds. The molecule has 0 spiro atoms. The van der Waals surface area contributed by atoms with E-state index in [9.17, 15) is 0 Å². The lowest BCUT2D eigenvalue weighted by Crippen LogP contribution is -1.85. The van der Waals surface area contributed by atoms with Gasteiger partial charge in [0.05, 0.1) is 6.20 Å². The Kier molecular flexibility index (Phi) is 2.56. The summed E-state index contributed by atoms with van der Waals surface area (Å²) in [4.78, 5) is 8.50. The zero-order chi connectivity index (χ0) is 8.55. The molecule has 6 heteroatoms. The Morgan fingerprint density at radius 2 is 2.42 bits per heavy atom. The lowest BCUT2D eigenvalue weighted by Gasteiger charge is -1.95. The van der Waals surface area contributed by atoms with Crippen LogP contribution in [0.4, 0.5) is 0 Å². The van der Waals surface area contributed by atoms with Gasteiger partial charge < -0.3 is 0 Å². The maximum atomic E-state index is 4.26. The van der Waals surface area contributed by atoms with Crippen molar-refractivity contribution in [3.8, 4) is 0 Å². The molecule has 2 aromatic heterocycles. The highest BCUT2D eigenvalue weighted by Crippen LogP contribution is 2.22. The first-order valence-corrected chi connectivity index (χ1v) is 7.21. The Bertz CT molecular complexity index is 416. The van der Waals surface area contributed by atoms with Crippen LogP contribution in [0.1, 0.15) is 0 Å². The zero-order valence-corrected chi connectivity index (χ0v) is 10.3. The quantitative estimate of drug-likeness (QED) is 0.736. The van der Waals surface area contributed by atoms with Crippen LogP contribution in [-0.4, -0.2) is 13.9 Å². The molecule has 0 aromatic carbocycles. The summed E-state index contributed by atoms with van der Waals surface area (Å²) >= 11 is 5.48. The minimum Gasteiger partial charge on any atom is -0.265 e. The highest BCUT2D eigenvalue weighted by molar-refractivity contribution is 14.2. The molecular weight excluding hydrogens is 353 g/mol. The molecular formula is C6H3BrIN3S. The summed E-state index contributed by atoms with van der Waals surface area (Å²) in [6.45, 7) is 0. The van der Waals surface area contributed by atoms with Crippen molar-refractivity contribution in [1.29, 1.82) is 0 Å². The molecule has 0 atom stereocenters. The number of rotatable bonds is 1. The molecule has 0 bridgehead atoms. The summed E-state index contributed by atoms with van der Waals surface area (Å²) in [5.74, 6) is 0. The second kappa shape index (κ2) is 3.51. The number of nitrogens with zero attached hydrogens (tertiary/aromatic N) is 3. The fraction of sp³-hybridized carbons (Fsp3) is 0. The van der Waals surface area contributed by atoms with Crippen molar-refractivity contribution in [2.24, 2.45) is 0 Å². The van der Waals surface area contributed by atoms with Gasteiger partial charge in [-0.25, -0.2) is 9.97 Å². The Balaban J connectivity index is 2.73. The molecule has 12 heavy (non-hydrogen) atoms. The molecule has 0 fully saturated rings. The Morgan fingerprint density at radius 3 is 3.17 bits per heavy atom. The molecule has 0 unspecified atom stereocenters. The average molecular weight is 356 g/mol. The largest absolute Gasteiger partial charge is 0.265 e. The van der Waals surface area contributed by atoms with Crippen molar-refractivity contribution in [3.05, 3.63) is 23.1 Å². The highest BCUT2D eigenvalue weighted by Gasteiger charge is 2.02. The van der Waals surface area contributed by atoms with Crippen molar-refractivity contribution in [3.63, 3.8) is 0 Å². The number of hydrogen-bond acceptors (Lipinski definition) is 3. The van der Waals surface area contributed by atoms with Gasteiger partial charge in [0.2, 0.25) is 0 Å². The molecule has 0 radical (unpaired) electrons. The monoisotopic (exact) mass is 355 g/mol. The Morgan fingerprint density at radius 1 is 1.58 bits per heavy atom. The molecule has 2 heterocycles. The average Bonchev–Trinajstić information content (AvgIpc) is 2.46. The number of aromatic nitrogens is 3. The van der Waals surface area contributed by atoms with E-state index < -0.39 is 0 Å². The van der Waals surface area contributed by atoms with E-state index in [0.717, 1.165) is 15.8 Å². The van der Waals surface area contributed by atoms with Crippen LogP contribution in [0.25, 0.3) is 11.2 Å². The van der Waals surface area contributed by atoms with Crippen molar-refractivity contribution in [1.82, 2.24) is 13.9 Å². The van der Waals surface area contributed by atoms with E-state index >= 15 is 0 Å². The van der Waals surface area contributed by atoms with Gasteiger partial charge in [0.25, 0.3) is 0 Å². The van der Waals surface area contributed by atoms with Crippen LogP contribution >= 0.6 is 46.3 Å². The van der Waals surface area contributed by atoms with Crippen molar-refractivity contribution < 1.29 is 0 Å². The molecule has 0 N–H and O–H groups in total. The molecule has 0 aliphatic heterocycles. The third-order valence-corrected chi connectivity index (χ3v) is 3.50. The number of hydrogen-bond donors (Lipinski definition) is 0. The van der Waals surface area contributed by atoms with Crippen LogP contribution in [0.5, 0.6) is 0 Å². The van der Waals surface area contributed by atoms with Crippen LogP contribution < -0.4 is 0 Å². The van der Waals surface area contributed by atoms with Gasteiger partial charge in [-0.1, -0.05) is 0 Å². The SMILES string of the molecule is Brc1cnc2c(ccn2SI)n1. The standard InChI is InChI=1S/C6H3BrIN3S/c7-5-3-9-6-4(10-5)1-2-11(6)12-8/h1-3H. The van der Waals surface area contributed by atoms with Crippen LogP contribution in [0.15, 0.2) is 23.1 Å². The van der Waals surface area contributed by atoms with E-state index in [1.165, 1.54) is 0 Å². The zero-order valence-electron chi connectivity index (χ0n) is 5.74. The van der Waals surface area contributed by atoms with Crippen molar-refractivity contribution in [2.75, 3.05) is 0 Å². The van der Waals surface area contributed by atoms with E-state index in [0.29, 0.717) is 0 Å². The lowest BCUT2D eigenvalue weighted by atomic mass is 10.5. The van der Waals surface area contributed by atoms with E-state index in [-0.39, 0.29) is 0 Å². The highest BCUT2D eigenvalue weighted by atomic mass is 127. The lowest BCUT2D eigenvalue weighted by molar-refractivity contribution is 1.21. The van der Waals surface area contributed by atoms with Crippen molar-refractivity contribution >= 4 is 57.4 Å². The first-order chi connectivity index (χ1) is 5.81. The van der Waals surface area contributed by atoms with E-state index in [4.69, 9.17) is 0 Å². The summed E-state index contributed by atoms with van der Waals surface area (Å²) in [6.07, 6.45) is 3.65. The summed E-state index contributed by atoms with van der Waals surface area (Å²) in [5.41, 5.74) is 1.81. The Labute approximate surface area is 93.8 Å². The van der Waals surface area contributed by atoms with Gasteiger partial charge in [0.15, 0.2) is 5.65 Å². The van der Waals surface area contributed by atoms with Gasteiger partial charge in [0.1, 0.15) is 10.1 Å². The van der Waals surface area contributed by atoms with E-state index in [1.807, 2.05) is 16.2 Å². The maximum Gasteiger partial charge on any atom is 0.169 e.